The summed E-state index contributed by atoms with van der Waals surface area (Å²) in [4.78, 5) is 3.25. The van der Waals surface area contributed by atoms with E-state index in [9.17, 15) is 22.0 Å². The molecule has 3 nitrogen and oxygen atoms in total. The molecule has 8 heteroatoms. The molecule has 0 amide bonds. The molecule has 0 unspecified atom stereocenters. The SMILES string of the molecule is N#CCc1ncc(C#N)c(C(F)F)c1C(F)(F)F. The van der Waals surface area contributed by atoms with Gasteiger partial charge in [-0.15, -0.1) is 0 Å². The van der Waals surface area contributed by atoms with E-state index in [0.717, 1.165) is 0 Å². The molecule has 0 aliphatic heterocycles. The second-order valence-electron chi connectivity index (χ2n) is 3.15. The molecule has 1 rings (SSSR count). The highest BCUT2D eigenvalue weighted by atomic mass is 19.4. The van der Waals surface area contributed by atoms with Gasteiger partial charge in [-0.3, -0.25) is 4.98 Å². The third-order valence-electron chi connectivity index (χ3n) is 2.07. The lowest BCUT2D eigenvalue weighted by atomic mass is 10.00. The second kappa shape index (κ2) is 4.96. The van der Waals surface area contributed by atoms with Gasteiger partial charge in [0.25, 0.3) is 6.43 Å². The molecule has 0 saturated carbocycles. The number of hydrogen-bond donors (Lipinski definition) is 0. The zero-order valence-electron chi connectivity index (χ0n) is 8.59. The number of pyridine rings is 1. The predicted octanol–water partition coefficient (Wildman–Crippen LogP) is 2.98. The summed E-state index contributed by atoms with van der Waals surface area (Å²) in [5.74, 6) is 0. The molecule has 18 heavy (non-hydrogen) atoms. The quantitative estimate of drug-likeness (QED) is 0.769. The Labute approximate surface area is 98.1 Å². The van der Waals surface area contributed by atoms with Gasteiger partial charge in [0.2, 0.25) is 0 Å². The minimum absolute atomic E-state index is 0.614. The Bertz CT molecular complexity index is 536. The average Bonchev–Trinajstić information content (AvgIpc) is 2.27. The smallest absolute Gasteiger partial charge is 0.258 e. The molecule has 0 spiro atoms. The lowest BCUT2D eigenvalue weighted by Crippen LogP contribution is -2.16. The maximum Gasteiger partial charge on any atom is 0.418 e. The molecule has 0 fully saturated rings. The number of rotatable bonds is 2. The molecule has 94 valence electrons. The summed E-state index contributed by atoms with van der Waals surface area (Å²) < 4.78 is 63.5. The summed E-state index contributed by atoms with van der Waals surface area (Å²) in [6.07, 6.45) is -8.72. The highest BCUT2D eigenvalue weighted by Crippen LogP contribution is 2.39. The van der Waals surface area contributed by atoms with Crippen LogP contribution in [-0.2, 0) is 12.6 Å². The lowest BCUT2D eigenvalue weighted by Gasteiger charge is -2.16. The average molecular weight is 261 g/mol. The topological polar surface area (TPSA) is 60.5 Å². The zero-order valence-corrected chi connectivity index (χ0v) is 8.59. The second-order valence-corrected chi connectivity index (χ2v) is 3.15. The van der Waals surface area contributed by atoms with E-state index in [1.54, 1.807) is 0 Å². The van der Waals surface area contributed by atoms with Crippen molar-refractivity contribution in [1.29, 1.82) is 10.5 Å². The van der Waals surface area contributed by atoms with Gasteiger partial charge in [-0.25, -0.2) is 8.78 Å². The molecule has 0 radical (unpaired) electrons. The van der Waals surface area contributed by atoms with Crippen LogP contribution in [0.5, 0.6) is 0 Å². The number of nitrogens with zero attached hydrogens (tertiary/aromatic N) is 3. The van der Waals surface area contributed by atoms with Crippen LogP contribution in [0.3, 0.4) is 0 Å². The van der Waals surface area contributed by atoms with Crippen molar-refractivity contribution in [3.8, 4) is 12.1 Å². The summed E-state index contributed by atoms with van der Waals surface area (Å²) in [5.41, 5.74) is -4.78. The highest BCUT2D eigenvalue weighted by molar-refractivity contribution is 5.46. The molecule has 1 aromatic heterocycles. The van der Waals surface area contributed by atoms with Crippen LogP contribution in [0.4, 0.5) is 22.0 Å². The van der Waals surface area contributed by atoms with Crippen LogP contribution in [0, 0.1) is 22.7 Å². The molecule has 1 heterocycles. The van der Waals surface area contributed by atoms with Gasteiger partial charge >= 0.3 is 6.18 Å². The summed E-state index contributed by atoms with van der Waals surface area (Å²) in [7, 11) is 0. The van der Waals surface area contributed by atoms with Crippen molar-refractivity contribution in [1.82, 2.24) is 4.98 Å². The van der Waals surface area contributed by atoms with Gasteiger partial charge in [-0.1, -0.05) is 0 Å². The van der Waals surface area contributed by atoms with Gasteiger partial charge in [-0.2, -0.15) is 23.7 Å². The van der Waals surface area contributed by atoms with Gasteiger partial charge in [0, 0.05) is 6.20 Å². The third kappa shape index (κ3) is 2.54. The van der Waals surface area contributed by atoms with Gasteiger partial charge in [0.15, 0.2) is 0 Å². The van der Waals surface area contributed by atoms with Gasteiger partial charge in [-0.05, 0) is 0 Å². The first-order chi connectivity index (χ1) is 8.32. The van der Waals surface area contributed by atoms with E-state index in [1.165, 1.54) is 12.1 Å². The number of alkyl halides is 5. The molecule has 1 aromatic rings. The van der Waals surface area contributed by atoms with Crippen molar-refractivity contribution < 1.29 is 22.0 Å². The van der Waals surface area contributed by atoms with E-state index in [-0.39, 0.29) is 0 Å². The Balaban J connectivity index is 3.68. The summed E-state index contributed by atoms with van der Waals surface area (Å²) >= 11 is 0. The van der Waals surface area contributed by atoms with Crippen molar-refractivity contribution in [3.63, 3.8) is 0 Å². The maximum atomic E-state index is 12.7. The highest BCUT2D eigenvalue weighted by Gasteiger charge is 2.40. The molecule has 0 saturated heterocycles. The van der Waals surface area contributed by atoms with E-state index in [1.807, 2.05) is 0 Å². The number of aromatic nitrogens is 1. The predicted molar refractivity (Wildman–Crippen MR) is 48.2 cm³/mol. The molecule has 0 N–H and O–H groups in total. The Morgan fingerprint density at radius 3 is 2.28 bits per heavy atom. The van der Waals surface area contributed by atoms with Crippen molar-refractivity contribution in [3.05, 3.63) is 28.6 Å². The summed E-state index contributed by atoms with van der Waals surface area (Å²) in [6.45, 7) is 0. The summed E-state index contributed by atoms with van der Waals surface area (Å²) in [6, 6.07) is 2.64. The van der Waals surface area contributed by atoms with Crippen molar-refractivity contribution >= 4 is 0 Å². The van der Waals surface area contributed by atoms with Gasteiger partial charge < -0.3 is 0 Å². The zero-order chi connectivity index (χ0) is 13.9. The fraction of sp³-hybridized carbons (Fsp3) is 0.300. The monoisotopic (exact) mass is 261 g/mol. The Kier molecular flexibility index (Phi) is 3.82. The molecular weight excluding hydrogens is 257 g/mol. The van der Waals surface area contributed by atoms with Crippen LogP contribution < -0.4 is 0 Å². The van der Waals surface area contributed by atoms with E-state index in [0.29, 0.717) is 6.20 Å². The molecule has 0 aliphatic rings. The van der Waals surface area contributed by atoms with Crippen LogP contribution in [0.25, 0.3) is 0 Å². The Morgan fingerprint density at radius 2 is 1.89 bits per heavy atom. The van der Waals surface area contributed by atoms with E-state index in [2.05, 4.69) is 4.98 Å². The Morgan fingerprint density at radius 1 is 1.28 bits per heavy atom. The molecule has 0 aromatic carbocycles. The van der Waals surface area contributed by atoms with Gasteiger partial charge in [0.1, 0.15) is 6.07 Å². The lowest BCUT2D eigenvalue weighted by molar-refractivity contribution is -0.140. The van der Waals surface area contributed by atoms with Gasteiger partial charge in [0.05, 0.1) is 34.9 Å². The minimum atomic E-state index is -5.10. The summed E-state index contributed by atoms with van der Waals surface area (Å²) in [5, 5.41) is 16.9. The normalized spacial score (nSPS) is 11.1. The first kappa shape index (κ1) is 13.8. The van der Waals surface area contributed by atoms with Crippen LogP contribution in [0.2, 0.25) is 0 Å². The standard InChI is InChI=1S/C10H4F5N3/c11-9(12)7-5(3-17)4-18-6(1-2-16)8(7)10(13,14)15/h4,9H,1H2. The fourth-order valence-corrected chi connectivity index (χ4v) is 1.41. The first-order valence-electron chi connectivity index (χ1n) is 4.47. The largest absolute Gasteiger partial charge is 0.418 e. The number of halogens is 5. The van der Waals surface area contributed by atoms with E-state index >= 15 is 0 Å². The van der Waals surface area contributed by atoms with Crippen molar-refractivity contribution in [2.45, 2.75) is 19.0 Å². The fourth-order valence-electron chi connectivity index (χ4n) is 1.41. The number of hydrogen-bond acceptors (Lipinski definition) is 3. The van der Waals surface area contributed by atoms with Crippen molar-refractivity contribution in [2.75, 3.05) is 0 Å². The Hall–Kier alpha value is -2.22. The van der Waals surface area contributed by atoms with Crippen LogP contribution in [0.15, 0.2) is 6.20 Å². The minimum Gasteiger partial charge on any atom is -0.258 e. The van der Waals surface area contributed by atoms with E-state index < -0.39 is 41.4 Å². The maximum absolute atomic E-state index is 12.7. The molecular formula is C10H4F5N3. The molecule has 0 atom stereocenters. The van der Waals surface area contributed by atoms with Crippen LogP contribution >= 0.6 is 0 Å². The number of nitriles is 2. The van der Waals surface area contributed by atoms with Crippen molar-refractivity contribution in [2.24, 2.45) is 0 Å². The van der Waals surface area contributed by atoms with Crippen LogP contribution in [0.1, 0.15) is 28.8 Å². The molecule has 0 bridgehead atoms. The molecule has 0 aliphatic carbocycles. The first-order valence-corrected chi connectivity index (χ1v) is 4.47. The third-order valence-corrected chi connectivity index (χ3v) is 2.07. The van der Waals surface area contributed by atoms with E-state index in [4.69, 9.17) is 10.5 Å². The van der Waals surface area contributed by atoms with Crippen LogP contribution in [-0.4, -0.2) is 4.98 Å².